The minimum absolute atomic E-state index is 0.0997. The highest BCUT2D eigenvalue weighted by atomic mass is 79.9. The van der Waals surface area contributed by atoms with Crippen LogP contribution in [0.5, 0.6) is 5.75 Å². The van der Waals surface area contributed by atoms with E-state index < -0.39 is 6.09 Å². The first kappa shape index (κ1) is 12.2. The van der Waals surface area contributed by atoms with Crippen LogP contribution in [0, 0.1) is 0 Å². The number of hydrogen-bond acceptors (Lipinski definition) is 4. The molecule has 1 amide bonds. The SMILES string of the molecule is O=C1NCC(COc2c(Br)cccc2CO)O1. The number of amides is 1. The summed E-state index contributed by atoms with van der Waals surface area (Å²) >= 11 is 3.35. The number of para-hydroxylation sites is 1. The predicted octanol–water partition coefficient (Wildman–Crippen LogP) is 1.43. The second kappa shape index (κ2) is 5.37. The molecule has 92 valence electrons. The molecule has 0 spiro atoms. The third-order valence-corrected chi connectivity index (χ3v) is 3.00. The lowest BCUT2D eigenvalue weighted by Gasteiger charge is -2.14. The molecule has 0 bridgehead atoms. The Bertz CT molecular complexity index is 424. The zero-order valence-electron chi connectivity index (χ0n) is 8.98. The Labute approximate surface area is 107 Å². The maximum absolute atomic E-state index is 10.8. The van der Waals surface area contributed by atoms with Gasteiger partial charge >= 0.3 is 6.09 Å². The molecule has 1 aromatic carbocycles. The van der Waals surface area contributed by atoms with E-state index in [0.717, 1.165) is 4.47 Å². The second-order valence-electron chi connectivity index (χ2n) is 3.61. The number of hydrogen-bond donors (Lipinski definition) is 2. The number of benzene rings is 1. The lowest BCUT2D eigenvalue weighted by Crippen LogP contribution is -2.22. The number of aliphatic hydroxyl groups is 1. The van der Waals surface area contributed by atoms with Crippen molar-refractivity contribution in [2.45, 2.75) is 12.7 Å². The van der Waals surface area contributed by atoms with E-state index in [4.69, 9.17) is 9.47 Å². The molecule has 6 heteroatoms. The van der Waals surface area contributed by atoms with Crippen molar-refractivity contribution >= 4 is 22.0 Å². The van der Waals surface area contributed by atoms with E-state index in [-0.39, 0.29) is 19.3 Å². The molecule has 1 unspecified atom stereocenters. The van der Waals surface area contributed by atoms with Gasteiger partial charge in [-0.1, -0.05) is 12.1 Å². The molecule has 5 nitrogen and oxygen atoms in total. The lowest BCUT2D eigenvalue weighted by atomic mass is 10.2. The highest BCUT2D eigenvalue weighted by Gasteiger charge is 2.23. The van der Waals surface area contributed by atoms with Crippen molar-refractivity contribution < 1.29 is 19.4 Å². The van der Waals surface area contributed by atoms with Crippen LogP contribution in [0.25, 0.3) is 0 Å². The molecule has 1 aliphatic heterocycles. The van der Waals surface area contributed by atoms with Crippen molar-refractivity contribution in [2.24, 2.45) is 0 Å². The number of ether oxygens (including phenoxy) is 2. The zero-order valence-corrected chi connectivity index (χ0v) is 10.6. The molecule has 1 fully saturated rings. The molecule has 1 saturated heterocycles. The molecule has 1 heterocycles. The summed E-state index contributed by atoms with van der Waals surface area (Å²) in [5, 5.41) is 11.7. The van der Waals surface area contributed by atoms with Gasteiger partial charge in [-0.3, -0.25) is 0 Å². The topological polar surface area (TPSA) is 67.8 Å². The molecule has 0 saturated carbocycles. The van der Waals surface area contributed by atoms with Crippen molar-refractivity contribution in [3.8, 4) is 5.75 Å². The van der Waals surface area contributed by atoms with Gasteiger partial charge in [-0.15, -0.1) is 0 Å². The molecular formula is C11H12BrNO4. The molecule has 2 rings (SSSR count). The highest BCUT2D eigenvalue weighted by Crippen LogP contribution is 2.29. The summed E-state index contributed by atoms with van der Waals surface area (Å²) in [5.74, 6) is 0.581. The number of carbonyl (C=O) groups is 1. The number of aliphatic hydroxyl groups excluding tert-OH is 1. The van der Waals surface area contributed by atoms with Crippen LogP contribution in [0.3, 0.4) is 0 Å². The van der Waals surface area contributed by atoms with Gasteiger partial charge in [0, 0.05) is 5.56 Å². The van der Waals surface area contributed by atoms with E-state index in [1.54, 1.807) is 6.07 Å². The van der Waals surface area contributed by atoms with E-state index in [0.29, 0.717) is 17.9 Å². The van der Waals surface area contributed by atoms with Gasteiger partial charge in [0.1, 0.15) is 12.4 Å². The Hall–Kier alpha value is -1.27. The Morgan fingerprint density at radius 1 is 1.59 bits per heavy atom. The average molecular weight is 302 g/mol. The fraction of sp³-hybridized carbons (Fsp3) is 0.364. The van der Waals surface area contributed by atoms with Crippen LogP contribution in [0.4, 0.5) is 4.79 Å². The molecule has 1 aromatic rings. The van der Waals surface area contributed by atoms with Gasteiger partial charge in [0.25, 0.3) is 0 Å². The summed E-state index contributed by atoms with van der Waals surface area (Å²) in [7, 11) is 0. The Morgan fingerprint density at radius 3 is 3.06 bits per heavy atom. The van der Waals surface area contributed by atoms with Crippen LogP contribution in [-0.2, 0) is 11.3 Å². The summed E-state index contributed by atoms with van der Waals surface area (Å²) in [4.78, 5) is 10.8. The molecule has 0 aromatic heterocycles. The van der Waals surface area contributed by atoms with Crippen molar-refractivity contribution in [2.75, 3.05) is 13.2 Å². The summed E-state index contributed by atoms with van der Waals surface area (Å²) in [6.07, 6.45) is -0.714. The van der Waals surface area contributed by atoms with Crippen molar-refractivity contribution in [1.29, 1.82) is 0 Å². The maximum atomic E-state index is 10.8. The zero-order chi connectivity index (χ0) is 12.3. The number of alkyl carbamates (subject to hydrolysis) is 1. The standard InChI is InChI=1S/C11H12BrNO4/c12-9-3-1-2-7(5-14)10(9)16-6-8-4-13-11(15)17-8/h1-3,8,14H,4-6H2,(H,13,15). The van der Waals surface area contributed by atoms with Gasteiger partial charge < -0.3 is 19.9 Å². The second-order valence-corrected chi connectivity index (χ2v) is 4.46. The van der Waals surface area contributed by atoms with E-state index in [1.807, 2.05) is 12.1 Å². The van der Waals surface area contributed by atoms with Gasteiger partial charge in [0.05, 0.1) is 17.6 Å². The van der Waals surface area contributed by atoms with Gasteiger partial charge in [-0.05, 0) is 22.0 Å². The van der Waals surface area contributed by atoms with E-state index >= 15 is 0 Å². The first-order valence-corrected chi connectivity index (χ1v) is 5.95. The maximum Gasteiger partial charge on any atom is 0.407 e. The quantitative estimate of drug-likeness (QED) is 0.883. The van der Waals surface area contributed by atoms with Crippen molar-refractivity contribution in [1.82, 2.24) is 5.32 Å². The van der Waals surface area contributed by atoms with Crippen LogP contribution in [0.15, 0.2) is 22.7 Å². The number of carbonyl (C=O) groups excluding carboxylic acids is 1. The third kappa shape index (κ3) is 2.89. The molecule has 1 aliphatic rings. The van der Waals surface area contributed by atoms with E-state index in [1.165, 1.54) is 0 Å². The summed E-state index contributed by atoms with van der Waals surface area (Å²) in [5.41, 5.74) is 0.691. The Kier molecular flexibility index (Phi) is 3.86. The van der Waals surface area contributed by atoms with Crippen LogP contribution in [0.2, 0.25) is 0 Å². The van der Waals surface area contributed by atoms with Crippen molar-refractivity contribution in [3.63, 3.8) is 0 Å². The highest BCUT2D eigenvalue weighted by molar-refractivity contribution is 9.10. The molecule has 2 N–H and O–H groups in total. The molecule has 0 radical (unpaired) electrons. The number of halogens is 1. The molecule has 17 heavy (non-hydrogen) atoms. The molecule has 0 aliphatic carbocycles. The fourth-order valence-corrected chi connectivity index (χ4v) is 2.06. The normalized spacial score (nSPS) is 18.7. The average Bonchev–Trinajstić information content (AvgIpc) is 2.73. The first-order chi connectivity index (χ1) is 8.20. The largest absolute Gasteiger partial charge is 0.488 e. The van der Waals surface area contributed by atoms with Crippen LogP contribution in [0.1, 0.15) is 5.56 Å². The smallest absolute Gasteiger partial charge is 0.407 e. The minimum Gasteiger partial charge on any atom is -0.488 e. The monoisotopic (exact) mass is 301 g/mol. The lowest BCUT2D eigenvalue weighted by molar-refractivity contribution is 0.103. The van der Waals surface area contributed by atoms with E-state index in [9.17, 15) is 9.90 Å². The third-order valence-electron chi connectivity index (χ3n) is 2.38. The number of nitrogens with one attached hydrogen (secondary N) is 1. The summed E-state index contributed by atoms with van der Waals surface area (Å²) in [6, 6.07) is 5.42. The summed E-state index contributed by atoms with van der Waals surface area (Å²) < 4.78 is 11.3. The fourth-order valence-electron chi connectivity index (χ4n) is 1.54. The van der Waals surface area contributed by atoms with Gasteiger partial charge in [-0.25, -0.2) is 4.79 Å². The first-order valence-electron chi connectivity index (χ1n) is 5.16. The van der Waals surface area contributed by atoms with Crippen LogP contribution in [-0.4, -0.2) is 30.5 Å². The number of rotatable bonds is 4. The molecule has 1 atom stereocenters. The van der Waals surface area contributed by atoms with E-state index in [2.05, 4.69) is 21.2 Å². The molecular weight excluding hydrogens is 290 g/mol. The van der Waals surface area contributed by atoms with Gasteiger partial charge in [0.15, 0.2) is 6.10 Å². The van der Waals surface area contributed by atoms with Gasteiger partial charge in [-0.2, -0.15) is 0 Å². The summed E-state index contributed by atoms with van der Waals surface area (Å²) in [6.45, 7) is 0.601. The predicted molar refractivity (Wildman–Crippen MR) is 63.8 cm³/mol. The number of cyclic esters (lactones) is 1. The van der Waals surface area contributed by atoms with Gasteiger partial charge in [0.2, 0.25) is 0 Å². The Morgan fingerprint density at radius 2 is 2.41 bits per heavy atom. The minimum atomic E-state index is -0.423. The Balaban J connectivity index is 2.01. The van der Waals surface area contributed by atoms with Crippen molar-refractivity contribution in [3.05, 3.63) is 28.2 Å². The van der Waals surface area contributed by atoms with Crippen LogP contribution >= 0.6 is 15.9 Å². The van der Waals surface area contributed by atoms with Crippen LogP contribution < -0.4 is 10.1 Å².